The molecule has 4 aromatic carbocycles. The molecule has 0 amide bonds. The Labute approximate surface area is 203 Å². The quantitative estimate of drug-likeness (QED) is 0.268. The van der Waals surface area contributed by atoms with Crippen molar-refractivity contribution in [2.75, 3.05) is 0 Å². The highest BCUT2D eigenvalue weighted by Gasteiger charge is 2.16. The van der Waals surface area contributed by atoms with Gasteiger partial charge in [0.2, 0.25) is 0 Å². The molecule has 0 fully saturated rings. The third-order valence-corrected chi connectivity index (χ3v) is 6.24. The molecule has 0 aliphatic rings. The molecule has 0 radical (unpaired) electrons. The van der Waals surface area contributed by atoms with Crippen molar-refractivity contribution in [1.29, 1.82) is 0 Å². The first kappa shape index (κ1) is 17.3. The Morgan fingerprint density at radius 3 is 2.32 bits per heavy atom. The minimum absolute atomic E-state index is 0.433. The summed E-state index contributed by atoms with van der Waals surface area (Å²) < 4.78 is 33.7. The zero-order valence-electron chi connectivity index (χ0n) is 21.8. The van der Waals surface area contributed by atoms with Crippen LogP contribution in [0.5, 0.6) is 0 Å². The standard InChI is InChI=1S/C32H25NO/c1-22(24-12-6-3-7-13-24)29-21-33-30(20-26(29)18-23-10-4-2-5-11-23)25-16-17-32-28(19-25)27-14-8-9-15-31(27)34-32/h2-17,19-22H,18H2,1H3/i18D2,22D. The molecule has 0 saturated heterocycles. The maximum Gasteiger partial charge on any atom is 0.135 e. The van der Waals surface area contributed by atoms with E-state index in [0.717, 1.165) is 33.1 Å². The number of rotatable bonds is 5. The summed E-state index contributed by atoms with van der Waals surface area (Å²) in [7, 11) is 0. The number of para-hydroxylation sites is 1. The van der Waals surface area contributed by atoms with E-state index in [1.807, 2.05) is 97.1 Å². The Morgan fingerprint density at radius 1 is 0.794 bits per heavy atom. The molecule has 34 heavy (non-hydrogen) atoms. The molecule has 2 nitrogen and oxygen atoms in total. The maximum atomic E-state index is 9.32. The summed E-state index contributed by atoms with van der Waals surface area (Å²) in [6, 6.07) is 34.3. The summed E-state index contributed by atoms with van der Waals surface area (Å²) >= 11 is 0. The van der Waals surface area contributed by atoms with Crippen LogP contribution in [0.3, 0.4) is 0 Å². The first-order valence-electron chi connectivity index (χ1n) is 12.9. The van der Waals surface area contributed by atoms with Crippen LogP contribution in [0.2, 0.25) is 0 Å². The average molecular weight is 443 g/mol. The fraction of sp³-hybridized carbons (Fsp3) is 0.0938. The Balaban J connectivity index is 1.56. The third kappa shape index (κ3) is 3.78. The average Bonchev–Trinajstić information content (AvgIpc) is 3.31. The molecule has 0 aliphatic heterocycles. The fourth-order valence-electron chi connectivity index (χ4n) is 4.42. The first-order valence-corrected chi connectivity index (χ1v) is 11.4. The van der Waals surface area contributed by atoms with Gasteiger partial charge in [-0.05, 0) is 59.0 Å². The van der Waals surface area contributed by atoms with Gasteiger partial charge >= 0.3 is 0 Å². The maximum absolute atomic E-state index is 9.32. The topological polar surface area (TPSA) is 26.0 Å². The number of furan rings is 1. The molecular formula is C32H25NO. The predicted molar refractivity (Wildman–Crippen MR) is 140 cm³/mol. The van der Waals surface area contributed by atoms with Crippen molar-refractivity contribution < 1.29 is 8.53 Å². The van der Waals surface area contributed by atoms with E-state index in [-0.39, 0.29) is 0 Å². The van der Waals surface area contributed by atoms with E-state index in [2.05, 4.69) is 0 Å². The van der Waals surface area contributed by atoms with Gasteiger partial charge in [-0.15, -0.1) is 0 Å². The first-order chi connectivity index (χ1) is 17.9. The lowest BCUT2D eigenvalue weighted by Gasteiger charge is -2.18. The van der Waals surface area contributed by atoms with E-state index in [9.17, 15) is 4.11 Å². The summed E-state index contributed by atoms with van der Waals surface area (Å²) in [5.74, 6) is -1.20. The van der Waals surface area contributed by atoms with Crippen LogP contribution in [-0.2, 0) is 6.37 Å². The van der Waals surface area contributed by atoms with Gasteiger partial charge in [-0.1, -0.05) is 85.8 Å². The number of pyridine rings is 1. The lowest BCUT2D eigenvalue weighted by molar-refractivity contribution is 0.669. The van der Waals surface area contributed by atoms with Gasteiger partial charge in [-0.3, -0.25) is 4.98 Å². The van der Waals surface area contributed by atoms with Crippen molar-refractivity contribution in [3.05, 3.63) is 138 Å². The van der Waals surface area contributed by atoms with E-state index in [1.165, 1.54) is 0 Å². The zero-order valence-corrected chi connectivity index (χ0v) is 18.8. The number of fused-ring (bicyclic) bond motifs is 3. The molecule has 0 saturated carbocycles. The van der Waals surface area contributed by atoms with Crippen molar-refractivity contribution in [2.24, 2.45) is 0 Å². The number of benzene rings is 4. The van der Waals surface area contributed by atoms with Gasteiger partial charge in [0.05, 0.1) is 5.69 Å². The Hall–Kier alpha value is -4.17. The molecule has 0 bridgehead atoms. The van der Waals surface area contributed by atoms with Crippen LogP contribution >= 0.6 is 0 Å². The molecule has 0 spiro atoms. The predicted octanol–water partition coefficient (Wildman–Crippen LogP) is 8.39. The summed E-state index contributed by atoms with van der Waals surface area (Å²) in [6.45, 7) is 1.80. The molecule has 2 heterocycles. The molecule has 6 aromatic rings. The lowest BCUT2D eigenvalue weighted by atomic mass is 9.88. The monoisotopic (exact) mass is 442 g/mol. The molecular weight excluding hydrogens is 414 g/mol. The summed E-state index contributed by atoms with van der Waals surface area (Å²) in [6.07, 6.45) is -0.166. The van der Waals surface area contributed by atoms with Crippen LogP contribution in [0.15, 0.2) is 120 Å². The highest BCUT2D eigenvalue weighted by atomic mass is 16.3. The molecule has 0 aliphatic carbocycles. The van der Waals surface area contributed by atoms with Gasteiger partial charge in [0.25, 0.3) is 0 Å². The minimum atomic E-state index is -1.84. The second-order valence-corrected chi connectivity index (χ2v) is 8.41. The largest absolute Gasteiger partial charge is 0.456 e. The molecule has 164 valence electrons. The van der Waals surface area contributed by atoms with Crippen molar-refractivity contribution in [3.63, 3.8) is 0 Å². The van der Waals surface area contributed by atoms with Crippen LogP contribution in [0.4, 0.5) is 0 Å². The number of hydrogen-bond acceptors (Lipinski definition) is 2. The fourth-order valence-corrected chi connectivity index (χ4v) is 4.42. The van der Waals surface area contributed by atoms with Gasteiger partial charge < -0.3 is 4.42 Å². The smallest absolute Gasteiger partial charge is 0.135 e. The summed E-state index contributed by atoms with van der Waals surface area (Å²) in [4.78, 5) is 4.76. The van der Waals surface area contributed by atoms with E-state index >= 15 is 0 Å². The molecule has 0 N–H and O–H groups in total. The van der Waals surface area contributed by atoms with Crippen LogP contribution in [0.1, 0.15) is 39.2 Å². The van der Waals surface area contributed by atoms with Gasteiger partial charge in [0.15, 0.2) is 0 Å². The van der Waals surface area contributed by atoms with Gasteiger partial charge in [-0.2, -0.15) is 0 Å². The Bertz CT molecular complexity index is 1720. The van der Waals surface area contributed by atoms with Crippen molar-refractivity contribution in [1.82, 2.24) is 4.98 Å². The lowest BCUT2D eigenvalue weighted by Crippen LogP contribution is -2.04. The molecule has 6 rings (SSSR count). The Morgan fingerprint density at radius 2 is 1.50 bits per heavy atom. The van der Waals surface area contributed by atoms with Crippen LogP contribution in [0, 0.1) is 0 Å². The SMILES string of the molecule is [2H]C([2H])(c1ccccc1)c1cc(-c2ccc3oc4ccccc4c3c2)ncc1C([2H])(C)c1ccccc1. The van der Waals surface area contributed by atoms with E-state index in [4.69, 9.17) is 9.40 Å². The van der Waals surface area contributed by atoms with Crippen molar-refractivity contribution in [2.45, 2.75) is 19.2 Å². The van der Waals surface area contributed by atoms with Crippen molar-refractivity contribution >= 4 is 21.9 Å². The normalized spacial score (nSPS) is 14.9. The van der Waals surface area contributed by atoms with Crippen LogP contribution in [0.25, 0.3) is 33.2 Å². The second-order valence-electron chi connectivity index (χ2n) is 8.41. The zero-order chi connectivity index (χ0) is 25.6. The molecule has 1 unspecified atom stereocenters. The van der Waals surface area contributed by atoms with E-state index in [0.29, 0.717) is 22.4 Å². The van der Waals surface area contributed by atoms with Crippen molar-refractivity contribution in [3.8, 4) is 11.3 Å². The summed E-state index contributed by atoms with van der Waals surface area (Å²) in [5, 5.41) is 2.01. The third-order valence-electron chi connectivity index (χ3n) is 6.24. The minimum Gasteiger partial charge on any atom is -0.456 e. The van der Waals surface area contributed by atoms with Gasteiger partial charge in [0, 0.05) is 32.5 Å². The second kappa shape index (κ2) is 8.64. The van der Waals surface area contributed by atoms with Crippen LogP contribution < -0.4 is 0 Å². The molecule has 2 heteroatoms. The van der Waals surface area contributed by atoms with E-state index in [1.54, 1.807) is 25.3 Å². The highest BCUT2D eigenvalue weighted by Crippen LogP contribution is 2.34. The number of nitrogens with zero attached hydrogens (tertiary/aromatic N) is 1. The number of hydrogen-bond donors (Lipinski definition) is 0. The van der Waals surface area contributed by atoms with Gasteiger partial charge in [0.1, 0.15) is 11.2 Å². The molecule has 1 atom stereocenters. The van der Waals surface area contributed by atoms with Gasteiger partial charge in [-0.25, -0.2) is 0 Å². The van der Waals surface area contributed by atoms with Crippen LogP contribution in [-0.4, -0.2) is 4.98 Å². The summed E-state index contributed by atoms with van der Waals surface area (Å²) in [5.41, 5.74) is 5.41. The number of aromatic nitrogens is 1. The highest BCUT2D eigenvalue weighted by molar-refractivity contribution is 6.06. The Kier molecular flexibility index (Phi) is 4.40. The molecule has 2 aromatic heterocycles. The van der Waals surface area contributed by atoms with E-state index < -0.39 is 12.3 Å².